The Hall–Kier alpha value is -0.550. The molecule has 1 aliphatic carbocycles. The van der Waals surface area contributed by atoms with Gasteiger partial charge in [0.15, 0.2) is 0 Å². The van der Waals surface area contributed by atoms with Crippen molar-refractivity contribution in [2.24, 2.45) is 17.3 Å². The monoisotopic (exact) mass is 237 g/mol. The number of ether oxygens (including phenoxy) is 1. The Morgan fingerprint density at radius 3 is 2.24 bits per heavy atom. The summed E-state index contributed by atoms with van der Waals surface area (Å²) in [7, 11) is 0. The number of hydrogen-bond acceptors (Lipinski definition) is 2. The predicted molar refractivity (Wildman–Crippen MR) is 70.5 cm³/mol. The third-order valence-electron chi connectivity index (χ3n) is 4.20. The lowest BCUT2D eigenvalue weighted by Crippen LogP contribution is -2.29. The SMILES string of the molecule is CC(C)OCCC1(C#N)CCC(C(C)C)CC1. The van der Waals surface area contributed by atoms with Gasteiger partial charge in [-0.15, -0.1) is 0 Å². The van der Waals surface area contributed by atoms with Crippen LogP contribution in [0.4, 0.5) is 0 Å². The van der Waals surface area contributed by atoms with E-state index in [1.54, 1.807) is 0 Å². The minimum atomic E-state index is -0.0969. The van der Waals surface area contributed by atoms with Crippen molar-refractivity contribution in [3.63, 3.8) is 0 Å². The summed E-state index contributed by atoms with van der Waals surface area (Å²) < 4.78 is 5.59. The number of nitrogens with zero attached hydrogens (tertiary/aromatic N) is 1. The Morgan fingerprint density at radius 1 is 1.24 bits per heavy atom. The molecule has 0 unspecified atom stereocenters. The molecular weight excluding hydrogens is 210 g/mol. The topological polar surface area (TPSA) is 33.0 Å². The highest BCUT2D eigenvalue weighted by atomic mass is 16.5. The molecule has 0 aromatic heterocycles. The van der Waals surface area contributed by atoms with Gasteiger partial charge in [0.2, 0.25) is 0 Å². The summed E-state index contributed by atoms with van der Waals surface area (Å²) in [4.78, 5) is 0. The summed E-state index contributed by atoms with van der Waals surface area (Å²) in [5, 5.41) is 9.43. The minimum absolute atomic E-state index is 0.0969. The zero-order chi connectivity index (χ0) is 12.9. The van der Waals surface area contributed by atoms with Crippen LogP contribution in [-0.4, -0.2) is 12.7 Å². The summed E-state index contributed by atoms with van der Waals surface area (Å²) in [5.41, 5.74) is -0.0969. The van der Waals surface area contributed by atoms with Gasteiger partial charge in [0.05, 0.1) is 17.6 Å². The molecule has 1 saturated carbocycles. The smallest absolute Gasteiger partial charge is 0.0690 e. The van der Waals surface area contributed by atoms with E-state index in [0.29, 0.717) is 0 Å². The fraction of sp³-hybridized carbons (Fsp3) is 0.933. The maximum Gasteiger partial charge on any atom is 0.0690 e. The standard InChI is InChI=1S/C15H27NO/c1-12(2)14-5-7-15(11-16,8-6-14)9-10-17-13(3)4/h12-14H,5-10H2,1-4H3. The third kappa shape index (κ3) is 4.32. The molecule has 1 rings (SSSR count). The lowest BCUT2D eigenvalue weighted by Gasteiger charge is -2.36. The first-order chi connectivity index (χ1) is 7.99. The van der Waals surface area contributed by atoms with Crippen molar-refractivity contribution >= 4 is 0 Å². The minimum Gasteiger partial charge on any atom is -0.379 e. The van der Waals surface area contributed by atoms with Crippen LogP contribution >= 0.6 is 0 Å². The van der Waals surface area contributed by atoms with Crippen LogP contribution in [0.15, 0.2) is 0 Å². The molecule has 2 heteroatoms. The van der Waals surface area contributed by atoms with Crippen molar-refractivity contribution in [1.82, 2.24) is 0 Å². The molecule has 1 aliphatic rings. The Balaban J connectivity index is 2.42. The van der Waals surface area contributed by atoms with E-state index in [1.807, 2.05) is 0 Å². The summed E-state index contributed by atoms with van der Waals surface area (Å²) in [5.74, 6) is 1.58. The molecule has 0 bridgehead atoms. The van der Waals surface area contributed by atoms with Gasteiger partial charge in [0.25, 0.3) is 0 Å². The molecule has 0 amide bonds. The highest BCUT2D eigenvalue weighted by Crippen LogP contribution is 2.43. The highest BCUT2D eigenvalue weighted by Gasteiger charge is 2.35. The quantitative estimate of drug-likeness (QED) is 0.719. The summed E-state index contributed by atoms with van der Waals surface area (Å²) in [6.07, 6.45) is 5.74. The number of nitriles is 1. The molecule has 1 fully saturated rings. The van der Waals surface area contributed by atoms with Crippen LogP contribution in [-0.2, 0) is 4.74 Å². The second kappa shape index (κ2) is 6.40. The fourth-order valence-electron chi connectivity index (χ4n) is 2.77. The lowest BCUT2D eigenvalue weighted by molar-refractivity contribution is 0.0475. The number of hydrogen-bond donors (Lipinski definition) is 0. The Labute approximate surface area is 106 Å². The van der Waals surface area contributed by atoms with Crippen LogP contribution in [0.5, 0.6) is 0 Å². The molecule has 0 aromatic carbocycles. The first-order valence-corrected chi connectivity index (χ1v) is 7.02. The van der Waals surface area contributed by atoms with Gasteiger partial charge >= 0.3 is 0 Å². The third-order valence-corrected chi connectivity index (χ3v) is 4.20. The lowest BCUT2D eigenvalue weighted by atomic mass is 9.67. The fourth-order valence-corrected chi connectivity index (χ4v) is 2.77. The summed E-state index contributed by atoms with van der Waals surface area (Å²) in [6.45, 7) is 9.43. The molecule has 0 N–H and O–H groups in total. The van der Waals surface area contributed by atoms with Crippen molar-refractivity contribution in [3.05, 3.63) is 0 Å². The van der Waals surface area contributed by atoms with Gasteiger partial charge in [-0.3, -0.25) is 0 Å². The largest absolute Gasteiger partial charge is 0.379 e. The molecule has 0 heterocycles. The molecule has 0 saturated heterocycles. The van der Waals surface area contributed by atoms with Crippen LogP contribution in [0.1, 0.15) is 59.8 Å². The Morgan fingerprint density at radius 2 is 1.82 bits per heavy atom. The van der Waals surface area contributed by atoms with Crippen molar-refractivity contribution in [2.75, 3.05) is 6.61 Å². The van der Waals surface area contributed by atoms with Crippen LogP contribution < -0.4 is 0 Å². The van der Waals surface area contributed by atoms with Crippen LogP contribution in [0.2, 0.25) is 0 Å². The average molecular weight is 237 g/mol. The van der Waals surface area contributed by atoms with Crippen molar-refractivity contribution in [2.45, 2.75) is 65.9 Å². The molecule has 0 spiro atoms. The maximum absolute atomic E-state index is 9.43. The van der Waals surface area contributed by atoms with E-state index in [1.165, 1.54) is 12.8 Å². The van der Waals surface area contributed by atoms with Crippen molar-refractivity contribution < 1.29 is 4.74 Å². The van der Waals surface area contributed by atoms with Gasteiger partial charge in [-0.25, -0.2) is 0 Å². The first-order valence-electron chi connectivity index (χ1n) is 7.02. The molecule has 0 aliphatic heterocycles. The molecule has 0 radical (unpaired) electrons. The molecule has 0 atom stereocenters. The normalized spacial score (nSPS) is 29.6. The van der Waals surface area contributed by atoms with E-state index in [4.69, 9.17) is 4.74 Å². The molecule has 17 heavy (non-hydrogen) atoms. The van der Waals surface area contributed by atoms with Crippen LogP contribution in [0, 0.1) is 28.6 Å². The van der Waals surface area contributed by atoms with Gasteiger partial charge in [0, 0.05) is 6.61 Å². The van der Waals surface area contributed by atoms with E-state index >= 15 is 0 Å². The van der Waals surface area contributed by atoms with Gasteiger partial charge in [-0.1, -0.05) is 13.8 Å². The zero-order valence-corrected chi connectivity index (χ0v) is 11.8. The predicted octanol–water partition coefficient (Wildman–Crippen LogP) is 4.16. The van der Waals surface area contributed by atoms with E-state index in [2.05, 4.69) is 33.8 Å². The maximum atomic E-state index is 9.43. The van der Waals surface area contributed by atoms with Gasteiger partial charge in [0.1, 0.15) is 0 Å². The van der Waals surface area contributed by atoms with E-state index in [9.17, 15) is 5.26 Å². The second-order valence-electron chi connectivity index (χ2n) is 6.14. The average Bonchev–Trinajstić information content (AvgIpc) is 2.29. The van der Waals surface area contributed by atoms with Gasteiger partial charge < -0.3 is 4.74 Å². The van der Waals surface area contributed by atoms with Gasteiger partial charge in [-0.2, -0.15) is 5.26 Å². The molecule has 98 valence electrons. The molecular formula is C15H27NO. The van der Waals surface area contributed by atoms with Crippen LogP contribution in [0.3, 0.4) is 0 Å². The highest BCUT2D eigenvalue weighted by molar-refractivity contribution is 5.01. The van der Waals surface area contributed by atoms with Crippen LogP contribution in [0.25, 0.3) is 0 Å². The Bertz CT molecular complexity index is 251. The summed E-state index contributed by atoms with van der Waals surface area (Å²) in [6, 6.07) is 2.57. The van der Waals surface area contributed by atoms with Crippen molar-refractivity contribution in [3.8, 4) is 6.07 Å². The first kappa shape index (κ1) is 14.5. The van der Waals surface area contributed by atoms with Crippen molar-refractivity contribution in [1.29, 1.82) is 5.26 Å². The summed E-state index contributed by atoms with van der Waals surface area (Å²) >= 11 is 0. The Kier molecular flexibility index (Phi) is 5.46. The molecule has 0 aromatic rings. The van der Waals surface area contributed by atoms with E-state index in [0.717, 1.165) is 37.7 Å². The van der Waals surface area contributed by atoms with E-state index in [-0.39, 0.29) is 11.5 Å². The number of rotatable bonds is 5. The van der Waals surface area contributed by atoms with Gasteiger partial charge in [-0.05, 0) is 57.8 Å². The second-order valence-corrected chi connectivity index (χ2v) is 6.14. The molecule has 2 nitrogen and oxygen atoms in total. The van der Waals surface area contributed by atoms with E-state index < -0.39 is 0 Å². The zero-order valence-electron chi connectivity index (χ0n) is 11.8.